The molecule has 3 heteroatoms. The van der Waals surface area contributed by atoms with E-state index in [2.05, 4.69) is 75.9 Å². The van der Waals surface area contributed by atoms with Crippen LogP contribution in [0.1, 0.15) is 17.8 Å². The Hall–Kier alpha value is -7.62. The van der Waals surface area contributed by atoms with Crippen LogP contribution in [0.25, 0.3) is 105 Å². The molecule has 266 valence electrons. The molecule has 0 amide bonds. The quantitative estimate of drug-likeness (QED) is 0.167. The number of para-hydroxylation sites is 4. The molecular weight excluding hydrogens is 691 g/mol. The second kappa shape index (κ2) is 12.5. The number of benzene rings is 9. The molecule has 12 aromatic rings. The molecule has 3 heterocycles. The Kier molecular flexibility index (Phi) is 4.69. The summed E-state index contributed by atoms with van der Waals surface area (Å²) >= 11 is 0. The molecule has 0 radical (unpaired) electrons. The molecule has 12 rings (SSSR count). The fourth-order valence-corrected chi connectivity index (χ4v) is 8.60. The summed E-state index contributed by atoms with van der Waals surface area (Å²) in [7, 11) is 0. The molecule has 3 aromatic heterocycles. The van der Waals surface area contributed by atoms with Crippen LogP contribution in [0.15, 0.2) is 212 Å². The second-order valence-electron chi connectivity index (χ2n) is 13.9. The largest absolute Gasteiger partial charge is 0.309 e. The van der Waals surface area contributed by atoms with Crippen LogP contribution in [0.2, 0.25) is 0 Å². The highest BCUT2D eigenvalue weighted by atomic mass is 15.0. The van der Waals surface area contributed by atoms with Gasteiger partial charge in [0, 0.05) is 38.0 Å². The Morgan fingerprint density at radius 3 is 1.30 bits per heavy atom. The van der Waals surface area contributed by atoms with Gasteiger partial charge >= 0.3 is 0 Å². The molecule has 3 nitrogen and oxygen atoms in total. The van der Waals surface area contributed by atoms with Crippen LogP contribution in [0.4, 0.5) is 0 Å². The number of rotatable bonds is 5. The number of hydrogen-bond acceptors (Lipinski definition) is 0. The summed E-state index contributed by atoms with van der Waals surface area (Å²) in [6.07, 6.45) is 0. The van der Waals surface area contributed by atoms with Crippen LogP contribution >= 0.6 is 0 Å². The van der Waals surface area contributed by atoms with Crippen molar-refractivity contribution in [2.24, 2.45) is 0 Å². The Labute approximate surface area is 347 Å². The van der Waals surface area contributed by atoms with Crippen LogP contribution < -0.4 is 0 Å². The van der Waals surface area contributed by atoms with Gasteiger partial charge in [-0.1, -0.05) is 145 Å². The van der Waals surface area contributed by atoms with E-state index in [4.69, 9.17) is 11.0 Å². The maximum Gasteiger partial charge on any atom is 0.0651 e. The number of hydrogen-bond donors (Lipinski definition) is 0. The minimum absolute atomic E-state index is 0.139. The van der Waals surface area contributed by atoms with Crippen molar-refractivity contribution >= 4 is 65.4 Å². The molecule has 0 spiro atoms. The molecule has 57 heavy (non-hydrogen) atoms. The zero-order valence-electron chi connectivity index (χ0n) is 43.0. The maximum atomic E-state index is 9.89. The minimum Gasteiger partial charge on any atom is -0.309 e. The van der Waals surface area contributed by atoms with Crippen molar-refractivity contribution in [1.82, 2.24) is 13.7 Å². The SMILES string of the molecule is [2H]c1c([2H])c([2H])c(-c2c([2H])c([2H])c([2H])c(-c3c([2H])c([2H])c([2H])c(-n4c5ccccc5c5c(-n6c7ccccc7c7c(-n8c9ccccc9c9ccccc98)cccc76)cccc54)c3[2H])c2[2H])c([2H])c1[2H]. The highest BCUT2D eigenvalue weighted by Gasteiger charge is 2.22. The molecule has 0 N–H and O–H groups in total. The molecule has 0 bridgehead atoms. The van der Waals surface area contributed by atoms with Gasteiger partial charge in [-0.3, -0.25) is 0 Å². The van der Waals surface area contributed by atoms with Gasteiger partial charge in [-0.05, 0) is 88.9 Å². The van der Waals surface area contributed by atoms with E-state index in [-0.39, 0.29) is 5.69 Å². The van der Waals surface area contributed by atoms with Crippen molar-refractivity contribution in [1.29, 1.82) is 0 Å². The Morgan fingerprint density at radius 1 is 0.298 bits per heavy atom. The summed E-state index contributed by atoms with van der Waals surface area (Å²) in [6, 6.07) is 35.6. The van der Waals surface area contributed by atoms with Gasteiger partial charge in [-0.25, -0.2) is 0 Å². The van der Waals surface area contributed by atoms with Crippen molar-refractivity contribution in [3.8, 4) is 39.3 Å². The molecule has 9 aromatic carbocycles. The van der Waals surface area contributed by atoms with Crippen LogP contribution in [-0.4, -0.2) is 13.7 Å². The third-order valence-electron chi connectivity index (χ3n) is 10.9. The monoisotopic (exact) mass is 738 g/mol. The van der Waals surface area contributed by atoms with E-state index in [0.717, 1.165) is 65.8 Å². The Balaban J connectivity index is 1.15. The molecular formula is C54H35N3. The number of aromatic nitrogens is 3. The first-order valence-electron chi connectivity index (χ1n) is 25.1. The zero-order chi connectivity index (χ0) is 48.8. The fourth-order valence-electron chi connectivity index (χ4n) is 8.60. The molecule has 0 aliphatic heterocycles. The molecule has 0 unspecified atom stereocenters. The standard InChI is InChI=1S/C54H35N3/c1-2-16-36(17-3-1)37-18-12-19-38(34-37)39-20-13-21-40(35-39)55-47-28-10-6-24-43(47)53-49(55)30-14-32-51(53)57-48-29-11-7-25-44(48)54-50(31-15-33-52(54)57)56-45-26-8-4-22-41(45)42-23-5-9-27-46(42)56/h1-35H/i1D,2D,3D,12D,13D,16D,17D,18D,19D,20D,21D,34D,35D. The first-order valence-corrected chi connectivity index (χ1v) is 18.6. The third kappa shape index (κ3) is 4.73. The van der Waals surface area contributed by atoms with Crippen molar-refractivity contribution < 1.29 is 17.8 Å². The number of fused-ring (bicyclic) bond motifs is 9. The van der Waals surface area contributed by atoms with Crippen LogP contribution in [0, 0.1) is 0 Å². The first kappa shape index (κ1) is 21.5. The summed E-state index contributed by atoms with van der Waals surface area (Å²) < 4.78 is 122. The van der Waals surface area contributed by atoms with E-state index >= 15 is 0 Å². The van der Waals surface area contributed by atoms with Crippen molar-refractivity contribution in [3.63, 3.8) is 0 Å². The van der Waals surface area contributed by atoms with Gasteiger partial charge < -0.3 is 13.7 Å². The summed E-state index contributed by atoms with van der Waals surface area (Å²) in [4.78, 5) is 0. The number of nitrogens with zero attached hydrogens (tertiary/aromatic N) is 3. The predicted molar refractivity (Wildman–Crippen MR) is 240 cm³/mol. The average molecular weight is 739 g/mol. The normalized spacial score (nSPS) is 15.1. The van der Waals surface area contributed by atoms with Gasteiger partial charge in [0.15, 0.2) is 0 Å². The molecule has 0 fully saturated rings. The maximum absolute atomic E-state index is 9.89. The summed E-state index contributed by atoms with van der Waals surface area (Å²) in [5.74, 6) is 0. The predicted octanol–water partition coefficient (Wildman–Crippen LogP) is 14.3. The molecule has 0 saturated heterocycles. The minimum atomic E-state index is -0.774. The van der Waals surface area contributed by atoms with Gasteiger partial charge in [-0.15, -0.1) is 0 Å². The van der Waals surface area contributed by atoms with Crippen molar-refractivity contribution in [2.45, 2.75) is 0 Å². The van der Waals surface area contributed by atoms with Crippen molar-refractivity contribution in [2.75, 3.05) is 0 Å². The fraction of sp³-hybridized carbons (Fsp3) is 0. The lowest BCUT2D eigenvalue weighted by molar-refractivity contribution is 1.17. The lowest BCUT2D eigenvalue weighted by Gasteiger charge is -2.13. The summed E-state index contributed by atoms with van der Waals surface area (Å²) in [5, 5.41) is 5.81. The van der Waals surface area contributed by atoms with E-state index < -0.39 is 101 Å². The van der Waals surface area contributed by atoms with Gasteiger partial charge in [0.25, 0.3) is 0 Å². The van der Waals surface area contributed by atoms with Crippen LogP contribution in [0.5, 0.6) is 0 Å². The molecule has 0 saturated carbocycles. The third-order valence-corrected chi connectivity index (χ3v) is 10.9. The zero-order valence-corrected chi connectivity index (χ0v) is 30.0. The molecule has 0 aliphatic rings. The van der Waals surface area contributed by atoms with E-state index in [0.29, 0.717) is 11.0 Å². The Morgan fingerprint density at radius 2 is 0.702 bits per heavy atom. The lowest BCUT2D eigenvalue weighted by atomic mass is 9.99. The highest BCUT2D eigenvalue weighted by molar-refractivity contribution is 6.19. The van der Waals surface area contributed by atoms with Crippen molar-refractivity contribution in [3.05, 3.63) is 212 Å². The van der Waals surface area contributed by atoms with Gasteiger partial charge in [0.2, 0.25) is 0 Å². The van der Waals surface area contributed by atoms with E-state index in [1.165, 1.54) is 0 Å². The lowest BCUT2D eigenvalue weighted by Crippen LogP contribution is -1.98. The van der Waals surface area contributed by atoms with Crippen LogP contribution in [-0.2, 0) is 0 Å². The van der Waals surface area contributed by atoms with Gasteiger partial charge in [0.05, 0.1) is 62.3 Å². The van der Waals surface area contributed by atoms with E-state index in [1.807, 2.05) is 66.7 Å². The highest BCUT2D eigenvalue weighted by Crippen LogP contribution is 2.43. The Bertz CT molecular complexity index is 4220. The molecule has 0 aliphatic carbocycles. The second-order valence-corrected chi connectivity index (χ2v) is 13.9. The molecule has 0 atom stereocenters. The smallest absolute Gasteiger partial charge is 0.0651 e. The van der Waals surface area contributed by atoms with Gasteiger partial charge in [0.1, 0.15) is 0 Å². The van der Waals surface area contributed by atoms with Crippen LogP contribution in [0.3, 0.4) is 0 Å². The van der Waals surface area contributed by atoms with E-state index in [9.17, 15) is 6.85 Å². The van der Waals surface area contributed by atoms with E-state index in [1.54, 1.807) is 4.57 Å². The summed E-state index contributed by atoms with van der Waals surface area (Å²) in [6.45, 7) is 0. The first-order chi connectivity index (χ1) is 33.7. The topological polar surface area (TPSA) is 14.8 Å². The summed E-state index contributed by atoms with van der Waals surface area (Å²) in [5.41, 5.74) is 4.67. The van der Waals surface area contributed by atoms with Gasteiger partial charge in [-0.2, -0.15) is 0 Å². The average Bonchev–Trinajstić information content (AvgIpc) is 4.02.